The van der Waals surface area contributed by atoms with E-state index in [1.165, 1.54) is 25.7 Å². The lowest BCUT2D eigenvalue weighted by Gasteiger charge is -2.25. The molecule has 0 spiro atoms. The van der Waals surface area contributed by atoms with E-state index in [9.17, 15) is 4.79 Å². The Morgan fingerprint density at radius 3 is 2.86 bits per heavy atom. The number of nitrogens with zero attached hydrogens (tertiary/aromatic N) is 5. The fourth-order valence-corrected chi connectivity index (χ4v) is 3.92. The minimum Gasteiger partial charge on any atom is -0.339 e. The van der Waals surface area contributed by atoms with Crippen LogP contribution in [0.15, 0.2) is 6.33 Å². The zero-order chi connectivity index (χ0) is 15.5. The van der Waals surface area contributed by atoms with E-state index in [0.29, 0.717) is 24.3 Å². The van der Waals surface area contributed by atoms with Gasteiger partial charge >= 0.3 is 0 Å². The highest BCUT2D eigenvalue weighted by Gasteiger charge is 2.35. The third-order valence-electron chi connectivity index (χ3n) is 4.98. The lowest BCUT2D eigenvalue weighted by Crippen LogP contribution is -2.35. The molecule has 0 aromatic carbocycles. The number of carbonyl (C=O) groups is 1. The number of carbonyl (C=O) groups excluding carboxylic acids is 1. The van der Waals surface area contributed by atoms with Crippen LogP contribution in [-0.4, -0.2) is 56.7 Å². The maximum atomic E-state index is 12.3. The zero-order valence-electron chi connectivity index (χ0n) is 13.7. The maximum absolute atomic E-state index is 12.3. The van der Waals surface area contributed by atoms with Crippen molar-refractivity contribution in [3.8, 4) is 0 Å². The first-order valence-electron chi connectivity index (χ1n) is 8.52. The van der Waals surface area contributed by atoms with E-state index < -0.39 is 0 Å². The van der Waals surface area contributed by atoms with Crippen molar-refractivity contribution in [3.63, 3.8) is 0 Å². The van der Waals surface area contributed by atoms with E-state index in [1.54, 1.807) is 6.33 Å². The molecule has 2 fully saturated rings. The summed E-state index contributed by atoms with van der Waals surface area (Å²) in [5.74, 6) is 1.82. The van der Waals surface area contributed by atoms with Crippen LogP contribution >= 0.6 is 0 Å². The quantitative estimate of drug-likeness (QED) is 0.799. The first-order valence-corrected chi connectivity index (χ1v) is 8.52. The molecular formula is C16H27N5O. The third-order valence-corrected chi connectivity index (χ3v) is 4.98. The molecule has 1 aliphatic heterocycles. The smallest absolute Gasteiger partial charge is 0.223 e. The van der Waals surface area contributed by atoms with Gasteiger partial charge in [0, 0.05) is 32.1 Å². The third kappa shape index (κ3) is 3.32. The van der Waals surface area contributed by atoms with Gasteiger partial charge in [-0.3, -0.25) is 9.69 Å². The van der Waals surface area contributed by atoms with Gasteiger partial charge < -0.3 is 4.90 Å². The monoisotopic (exact) mass is 305 g/mol. The molecule has 6 heteroatoms. The molecule has 0 N–H and O–H groups in total. The van der Waals surface area contributed by atoms with Crippen molar-refractivity contribution in [2.45, 2.75) is 58.2 Å². The number of likely N-dealkylation sites (tertiary alicyclic amines) is 1. The largest absolute Gasteiger partial charge is 0.339 e. The highest BCUT2D eigenvalue weighted by atomic mass is 16.2. The molecule has 1 aromatic heterocycles. The van der Waals surface area contributed by atoms with E-state index in [-0.39, 0.29) is 0 Å². The SMILES string of the molecule is CCn1ncnc1CN(C)C[C@H]1CC(=O)N(C2CCCC2)C1. The Labute approximate surface area is 132 Å². The lowest BCUT2D eigenvalue weighted by molar-refractivity contribution is -0.129. The molecule has 6 nitrogen and oxygen atoms in total. The summed E-state index contributed by atoms with van der Waals surface area (Å²) in [4.78, 5) is 21.0. The molecular weight excluding hydrogens is 278 g/mol. The van der Waals surface area contributed by atoms with Crippen molar-refractivity contribution in [1.29, 1.82) is 0 Å². The minimum atomic E-state index is 0.363. The van der Waals surface area contributed by atoms with Gasteiger partial charge in [0.15, 0.2) is 0 Å². The second kappa shape index (κ2) is 6.77. The van der Waals surface area contributed by atoms with Gasteiger partial charge in [0.2, 0.25) is 5.91 Å². The Balaban J connectivity index is 1.51. The van der Waals surface area contributed by atoms with Gasteiger partial charge in [-0.25, -0.2) is 9.67 Å². The van der Waals surface area contributed by atoms with E-state index in [1.807, 2.05) is 4.68 Å². The summed E-state index contributed by atoms with van der Waals surface area (Å²) in [6.07, 6.45) is 7.30. The molecule has 122 valence electrons. The molecule has 3 rings (SSSR count). The van der Waals surface area contributed by atoms with Crippen LogP contribution < -0.4 is 0 Å². The summed E-state index contributed by atoms with van der Waals surface area (Å²) in [5, 5.41) is 4.21. The van der Waals surface area contributed by atoms with Crippen molar-refractivity contribution in [1.82, 2.24) is 24.6 Å². The molecule has 1 saturated carbocycles. The minimum absolute atomic E-state index is 0.363. The summed E-state index contributed by atoms with van der Waals surface area (Å²) in [6.45, 7) is 5.61. The van der Waals surface area contributed by atoms with Crippen LogP contribution in [0.25, 0.3) is 0 Å². The number of aryl methyl sites for hydroxylation is 1. The number of hydrogen-bond donors (Lipinski definition) is 0. The van der Waals surface area contributed by atoms with E-state index in [4.69, 9.17) is 0 Å². The van der Waals surface area contributed by atoms with Crippen molar-refractivity contribution in [2.24, 2.45) is 5.92 Å². The predicted molar refractivity (Wildman–Crippen MR) is 84.1 cm³/mol. The topological polar surface area (TPSA) is 54.3 Å². The molecule has 22 heavy (non-hydrogen) atoms. The van der Waals surface area contributed by atoms with Gasteiger partial charge in [-0.1, -0.05) is 12.8 Å². The molecule has 1 saturated heterocycles. The Kier molecular flexibility index (Phi) is 4.76. The standard InChI is InChI=1S/C16H27N5O/c1-3-21-15(17-12-18-21)11-19(2)9-13-8-16(22)20(10-13)14-6-4-5-7-14/h12-14H,3-11H2,1-2H3/t13-/m1/s1. The second-order valence-corrected chi connectivity index (χ2v) is 6.74. The zero-order valence-corrected chi connectivity index (χ0v) is 13.7. The lowest BCUT2D eigenvalue weighted by atomic mass is 10.1. The molecule has 2 heterocycles. The summed E-state index contributed by atoms with van der Waals surface area (Å²) >= 11 is 0. The van der Waals surface area contributed by atoms with Gasteiger partial charge in [-0.05, 0) is 32.7 Å². The number of amides is 1. The average molecular weight is 305 g/mol. The fraction of sp³-hybridized carbons (Fsp3) is 0.812. The maximum Gasteiger partial charge on any atom is 0.223 e. The van der Waals surface area contributed by atoms with Gasteiger partial charge in [-0.15, -0.1) is 0 Å². The summed E-state index contributed by atoms with van der Waals surface area (Å²) in [5.41, 5.74) is 0. The van der Waals surface area contributed by atoms with Crippen molar-refractivity contribution in [3.05, 3.63) is 12.2 Å². The van der Waals surface area contributed by atoms with Crippen molar-refractivity contribution >= 4 is 5.91 Å². The van der Waals surface area contributed by atoms with Gasteiger partial charge in [0.1, 0.15) is 12.2 Å². The van der Waals surface area contributed by atoms with Gasteiger partial charge in [0.25, 0.3) is 0 Å². The van der Waals surface area contributed by atoms with Gasteiger partial charge in [0.05, 0.1) is 6.54 Å². The average Bonchev–Trinajstić information content (AvgIpc) is 3.19. The molecule has 0 radical (unpaired) electrons. The molecule has 2 aliphatic rings. The number of hydrogen-bond acceptors (Lipinski definition) is 4. The van der Waals surface area contributed by atoms with Gasteiger partial charge in [-0.2, -0.15) is 5.10 Å². The molecule has 1 atom stereocenters. The highest BCUT2D eigenvalue weighted by Crippen LogP contribution is 2.29. The van der Waals surface area contributed by atoms with Crippen LogP contribution in [0, 0.1) is 5.92 Å². The van der Waals surface area contributed by atoms with Crippen molar-refractivity contribution < 1.29 is 4.79 Å². The highest BCUT2D eigenvalue weighted by molar-refractivity contribution is 5.79. The summed E-state index contributed by atoms with van der Waals surface area (Å²) in [7, 11) is 2.11. The summed E-state index contributed by atoms with van der Waals surface area (Å²) < 4.78 is 1.93. The van der Waals surface area contributed by atoms with Crippen LogP contribution in [0.2, 0.25) is 0 Å². The predicted octanol–water partition coefficient (Wildman–Crippen LogP) is 1.52. The molecule has 0 bridgehead atoms. The number of rotatable bonds is 6. The van der Waals surface area contributed by atoms with E-state index >= 15 is 0 Å². The van der Waals surface area contributed by atoms with Crippen LogP contribution in [0.5, 0.6) is 0 Å². The molecule has 1 aromatic rings. The normalized spacial score (nSPS) is 23.1. The Bertz CT molecular complexity index is 508. The first kappa shape index (κ1) is 15.5. The summed E-state index contributed by atoms with van der Waals surface area (Å²) in [6, 6.07) is 0.519. The number of aromatic nitrogens is 3. The van der Waals surface area contributed by atoms with Crippen LogP contribution in [0.4, 0.5) is 0 Å². The van der Waals surface area contributed by atoms with Crippen LogP contribution in [-0.2, 0) is 17.9 Å². The Morgan fingerprint density at radius 1 is 1.36 bits per heavy atom. The van der Waals surface area contributed by atoms with E-state index in [0.717, 1.165) is 32.0 Å². The van der Waals surface area contributed by atoms with Crippen LogP contribution in [0.3, 0.4) is 0 Å². The fourth-order valence-electron chi connectivity index (χ4n) is 3.92. The van der Waals surface area contributed by atoms with Crippen LogP contribution in [0.1, 0.15) is 44.9 Å². The Morgan fingerprint density at radius 2 is 2.14 bits per heavy atom. The second-order valence-electron chi connectivity index (χ2n) is 6.74. The molecule has 1 amide bonds. The Hall–Kier alpha value is -1.43. The molecule has 1 aliphatic carbocycles. The van der Waals surface area contributed by atoms with Crippen molar-refractivity contribution in [2.75, 3.05) is 20.1 Å². The molecule has 0 unspecified atom stereocenters. The first-order chi connectivity index (χ1) is 10.7. The van der Waals surface area contributed by atoms with E-state index in [2.05, 4.69) is 33.9 Å².